The van der Waals surface area contributed by atoms with Crippen molar-refractivity contribution in [3.63, 3.8) is 0 Å². The first-order chi connectivity index (χ1) is 9.44. The van der Waals surface area contributed by atoms with Gasteiger partial charge in [0.05, 0.1) is 6.61 Å². The molecule has 0 heterocycles. The van der Waals surface area contributed by atoms with Crippen LogP contribution in [0.3, 0.4) is 0 Å². The number of amides is 1. The van der Waals surface area contributed by atoms with Crippen LogP contribution < -0.4 is 0 Å². The maximum atomic E-state index is 12.6. The molecular formula is C16H25NO3. The topological polar surface area (TPSA) is 46.6 Å². The molecule has 2 aliphatic carbocycles. The van der Waals surface area contributed by atoms with E-state index in [-0.39, 0.29) is 11.4 Å². The van der Waals surface area contributed by atoms with Gasteiger partial charge in [0.2, 0.25) is 5.91 Å². The lowest BCUT2D eigenvalue weighted by molar-refractivity contribution is -0.141. The fourth-order valence-corrected chi connectivity index (χ4v) is 3.59. The van der Waals surface area contributed by atoms with Crippen molar-refractivity contribution in [1.29, 1.82) is 0 Å². The van der Waals surface area contributed by atoms with Crippen LogP contribution in [0.2, 0.25) is 0 Å². The van der Waals surface area contributed by atoms with Gasteiger partial charge in [-0.15, -0.1) is 0 Å². The van der Waals surface area contributed by atoms with E-state index in [1.165, 1.54) is 12.8 Å². The molecule has 2 saturated carbocycles. The van der Waals surface area contributed by atoms with Gasteiger partial charge < -0.3 is 9.64 Å². The lowest BCUT2D eigenvalue weighted by atomic mass is 9.83. The quantitative estimate of drug-likeness (QED) is 0.426. The minimum atomic E-state index is -0.355. The van der Waals surface area contributed by atoms with E-state index in [9.17, 15) is 9.59 Å². The van der Waals surface area contributed by atoms with Crippen molar-refractivity contribution in [2.75, 3.05) is 20.2 Å². The number of rotatable bonds is 6. The monoisotopic (exact) mass is 279 g/mol. The average Bonchev–Trinajstić information content (AvgIpc) is 3.03. The van der Waals surface area contributed by atoms with Gasteiger partial charge in [0.25, 0.3) is 0 Å². The Balaban J connectivity index is 1.72. The molecule has 20 heavy (non-hydrogen) atoms. The third-order valence-electron chi connectivity index (χ3n) is 4.76. The van der Waals surface area contributed by atoms with Crippen LogP contribution in [-0.4, -0.2) is 37.0 Å². The Kier molecular flexibility index (Phi) is 4.51. The van der Waals surface area contributed by atoms with Crippen LogP contribution >= 0.6 is 0 Å². The number of hydrogen-bond donors (Lipinski definition) is 0. The molecular weight excluding hydrogens is 254 g/mol. The lowest BCUT2D eigenvalue weighted by Crippen LogP contribution is -2.40. The molecule has 0 unspecified atom stereocenters. The van der Waals surface area contributed by atoms with Gasteiger partial charge in [-0.1, -0.05) is 6.58 Å². The first kappa shape index (κ1) is 15.1. The molecule has 0 aromatic rings. The van der Waals surface area contributed by atoms with Gasteiger partial charge in [0.15, 0.2) is 0 Å². The SMILES string of the molecule is C=C(C)C(=O)OCCCN(C)C(=O)C12CCC(CC1)C2. The Morgan fingerprint density at radius 3 is 2.50 bits per heavy atom. The molecule has 0 saturated heterocycles. The number of fused-ring (bicyclic) bond motifs is 2. The summed E-state index contributed by atoms with van der Waals surface area (Å²) in [4.78, 5) is 25.6. The highest BCUT2D eigenvalue weighted by Gasteiger charge is 2.50. The van der Waals surface area contributed by atoms with E-state index in [4.69, 9.17) is 4.74 Å². The summed E-state index contributed by atoms with van der Waals surface area (Å²) in [6.07, 6.45) is 6.32. The first-order valence-electron chi connectivity index (χ1n) is 7.53. The summed E-state index contributed by atoms with van der Waals surface area (Å²) in [5.41, 5.74) is 0.352. The summed E-state index contributed by atoms with van der Waals surface area (Å²) in [5, 5.41) is 0. The Hall–Kier alpha value is -1.32. The van der Waals surface area contributed by atoms with Crippen molar-refractivity contribution >= 4 is 11.9 Å². The third kappa shape index (κ3) is 3.05. The molecule has 1 amide bonds. The van der Waals surface area contributed by atoms with E-state index in [2.05, 4.69) is 6.58 Å². The van der Waals surface area contributed by atoms with Crippen LogP contribution in [0.5, 0.6) is 0 Å². The zero-order chi connectivity index (χ0) is 14.8. The molecule has 2 fully saturated rings. The van der Waals surface area contributed by atoms with Crippen molar-refractivity contribution in [2.45, 2.75) is 45.4 Å². The zero-order valence-electron chi connectivity index (χ0n) is 12.6. The van der Waals surface area contributed by atoms with Crippen LogP contribution in [0.15, 0.2) is 12.2 Å². The smallest absolute Gasteiger partial charge is 0.333 e. The number of hydrogen-bond acceptors (Lipinski definition) is 3. The zero-order valence-corrected chi connectivity index (χ0v) is 12.6. The van der Waals surface area contributed by atoms with Crippen LogP contribution in [0, 0.1) is 11.3 Å². The standard InChI is InChI=1S/C16H25NO3/c1-12(2)14(18)20-10-4-9-17(3)15(19)16-7-5-13(11-16)6-8-16/h13H,1,4-11H2,2-3H3. The number of carbonyl (C=O) groups is 2. The molecule has 2 bridgehead atoms. The average molecular weight is 279 g/mol. The van der Waals surface area contributed by atoms with Crippen LogP contribution in [0.25, 0.3) is 0 Å². The fourth-order valence-electron chi connectivity index (χ4n) is 3.59. The highest BCUT2D eigenvalue weighted by Crippen LogP contribution is 2.54. The predicted octanol–water partition coefficient (Wildman–Crippen LogP) is 2.53. The van der Waals surface area contributed by atoms with Gasteiger partial charge in [-0.05, 0) is 51.4 Å². The maximum Gasteiger partial charge on any atom is 0.333 e. The summed E-state index contributed by atoms with van der Waals surface area (Å²) in [7, 11) is 1.86. The molecule has 0 aromatic carbocycles. The Bertz CT molecular complexity index is 408. The van der Waals surface area contributed by atoms with Crippen molar-refractivity contribution in [3.05, 3.63) is 12.2 Å². The van der Waals surface area contributed by atoms with Crippen LogP contribution in [-0.2, 0) is 14.3 Å². The maximum absolute atomic E-state index is 12.6. The Morgan fingerprint density at radius 1 is 1.35 bits per heavy atom. The van der Waals surface area contributed by atoms with E-state index in [1.807, 2.05) is 11.9 Å². The first-order valence-corrected chi connectivity index (χ1v) is 7.53. The van der Waals surface area contributed by atoms with E-state index in [1.54, 1.807) is 6.92 Å². The van der Waals surface area contributed by atoms with Gasteiger partial charge >= 0.3 is 5.97 Å². The molecule has 2 rings (SSSR count). The van der Waals surface area contributed by atoms with E-state index < -0.39 is 0 Å². The molecule has 4 heteroatoms. The lowest BCUT2D eigenvalue weighted by Gasteiger charge is -2.30. The second-order valence-corrected chi connectivity index (χ2v) is 6.42. The Labute approximate surface area is 121 Å². The van der Waals surface area contributed by atoms with Crippen molar-refractivity contribution in [3.8, 4) is 0 Å². The van der Waals surface area contributed by atoms with Crippen LogP contribution in [0.4, 0.5) is 0 Å². The summed E-state index contributed by atoms with van der Waals surface area (Å²) < 4.78 is 5.04. The van der Waals surface area contributed by atoms with Gasteiger partial charge in [-0.3, -0.25) is 4.79 Å². The molecule has 0 spiro atoms. The second kappa shape index (κ2) is 5.98. The minimum Gasteiger partial charge on any atom is -0.462 e. The molecule has 2 aliphatic rings. The van der Waals surface area contributed by atoms with Gasteiger partial charge in [0.1, 0.15) is 0 Å². The summed E-state index contributed by atoms with van der Waals surface area (Å²) in [5.74, 6) is 0.722. The number of esters is 1. The highest BCUT2D eigenvalue weighted by molar-refractivity contribution is 5.86. The van der Waals surface area contributed by atoms with E-state index in [0.29, 0.717) is 31.1 Å². The highest BCUT2D eigenvalue weighted by atomic mass is 16.5. The van der Waals surface area contributed by atoms with Crippen molar-refractivity contribution < 1.29 is 14.3 Å². The van der Waals surface area contributed by atoms with Gasteiger partial charge in [0, 0.05) is 24.6 Å². The minimum absolute atomic E-state index is 0.0617. The van der Waals surface area contributed by atoms with Crippen LogP contribution in [0.1, 0.15) is 45.4 Å². The van der Waals surface area contributed by atoms with Crippen molar-refractivity contribution in [2.24, 2.45) is 11.3 Å². The third-order valence-corrected chi connectivity index (χ3v) is 4.76. The Morgan fingerprint density at radius 2 is 2.00 bits per heavy atom. The van der Waals surface area contributed by atoms with E-state index >= 15 is 0 Å². The second-order valence-electron chi connectivity index (χ2n) is 6.42. The molecule has 112 valence electrons. The van der Waals surface area contributed by atoms with Crippen molar-refractivity contribution in [1.82, 2.24) is 4.90 Å². The molecule has 0 N–H and O–H groups in total. The van der Waals surface area contributed by atoms with E-state index in [0.717, 1.165) is 25.2 Å². The normalized spacial score (nSPS) is 27.4. The number of ether oxygens (including phenoxy) is 1. The predicted molar refractivity (Wildman–Crippen MR) is 77.0 cm³/mol. The number of carbonyl (C=O) groups excluding carboxylic acids is 2. The molecule has 0 aliphatic heterocycles. The summed E-state index contributed by atoms with van der Waals surface area (Å²) in [6, 6.07) is 0. The summed E-state index contributed by atoms with van der Waals surface area (Å²) >= 11 is 0. The fraction of sp³-hybridized carbons (Fsp3) is 0.750. The molecule has 4 nitrogen and oxygen atoms in total. The largest absolute Gasteiger partial charge is 0.462 e. The molecule has 0 atom stereocenters. The molecule has 0 aromatic heterocycles. The van der Waals surface area contributed by atoms with Gasteiger partial charge in [-0.25, -0.2) is 4.79 Å². The molecule has 0 radical (unpaired) electrons. The number of nitrogens with zero attached hydrogens (tertiary/aromatic N) is 1. The summed E-state index contributed by atoms with van der Waals surface area (Å²) in [6.45, 7) is 6.16. The van der Waals surface area contributed by atoms with Gasteiger partial charge in [-0.2, -0.15) is 0 Å².